The lowest BCUT2D eigenvalue weighted by Crippen LogP contribution is -2.53. The molecule has 20 heavy (non-hydrogen) atoms. The zero-order chi connectivity index (χ0) is 13.7. The first-order valence-corrected chi connectivity index (χ1v) is 7.62. The lowest BCUT2D eigenvalue weighted by Gasteiger charge is -2.43. The van der Waals surface area contributed by atoms with Crippen molar-refractivity contribution >= 4 is 28.9 Å². The number of thiocarbonyl (C=S) groups is 1. The van der Waals surface area contributed by atoms with Crippen molar-refractivity contribution in [1.82, 2.24) is 5.32 Å². The quantitative estimate of drug-likeness (QED) is 0.744. The number of benzene rings is 1. The molecule has 1 saturated carbocycles. The Morgan fingerprint density at radius 1 is 1.25 bits per heavy atom. The molecular formula is C16H16N2OS. The molecule has 0 bridgehead atoms. The van der Waals surface area contributed by atoms with Crippen LogP contribution in [0.15, 0.2) is 29.3 Å². The van der Waals surface area contributed by atoms with E-state index in [4.69, 9.17) is 12.2 Å². The first-order chi connectivity index (χ1) is 9.70. The minimum Gasteiger partial charge on any atom is -0.301 e. The Morgan fingerprint density at radius 2 is 2.00 bits per heavy atom. The third kappa shape index (κ3) is 1.61. The number of nitrogens with zero attached hydrogens (tertiary/aromatic N) is 1. The van der Waals surface area contributed by atoms with Crippen LogP contribution in [0.25, 0.3) is 0 Å². The molecule has 4 rings (SSSR count). The van der Waals surface area contributed by atoms with E-state index in [9.17, 15) is 4.79 Å². The highest BCUT2D eigenvalue weighted by molar-refractivity contribution is 7.80. The van der Waals surface area contributed by atoms with E-state index in [0.29, 0.717) is 5.11 Å². The maximum atomic E-state index is 12.5. The number of carbonyl (C=O) groups is 1. The Labute approximate surface area is 123 Å². The van der Waals surface area contributed by atoms with Gasteiger partial charge in [-0.1, -0.05) is 37.1 Å². The largest absolute Gasteiger partial charge is 0.301 e. The third-order valence-corrected chi connectivity index (χ3v) is 5.23. The molecule has 0 radical (unpaired) electrons. The number of carbonyl (C=O) groups excluding carboxylic acids is 1. The lowest BCUT2D eigenvalue weighted by molar-refractivity contribution is -0.125. The van der Waals surface area contributed by atoms with Gasteiger partial charge in [0.25, 0.3) is 0 Å². The summed E-state index contributed by atoms with van der Waals surface area (Å²) in [5.74, 6) is -0.0667. The van der Waals surface area contributed by atoms with Crippen LogP contribution in [-0.4, -0.2) is 16.7 Å². The Hall–Kier alpha value is -1.55. The summed E-state index contributed by atoms with van der Waals surface area (Å²) in [4.78, 5) is 17.1. The molecule has 1 aromatic carbocycles. The van der Waals surface area contributed by atoms with Gasteiger partial charge in [-0.3, -0.25) is 4.79 Å². The van der Waals surface area contributed by atoms with E-state index in [-0.39, 0.29) is 17.2 Å². The Bertz CT molecular complexity index is 644. The summed E-state index contributed by atoms with van der Waals surface area (Å²) in [5, 5.41) is 3.08. The monoisotopic (exact) mass is 284 g/mol. The molecule has 1 atom stereocenters. The van der Waals surface area contributed by atoms with Crippen molar-refractivity contribution in [2.75, 3.05) is 0 Å². The Morgan fingerprint density at radius 3 is 2.80 bits per heavy atom. The van der Waals surface area contributed by atoms with Crippen molar-refractivity contribution in [3.8, 4) is 0 Å². The van der Waals surface area contributed by atoms with Crippen molar-refractivity contribution in [3.63, 3.8) is 0 Å². The zero-order valence-corrected chi connectivity index (χ0v) is 12.0. The van der Waals surface area contributed by atoms with Crippen molar-refractivity contribution in [2.45, 2.75) is 32.1 Å². The summed E-state index contributed by atoms with van der Waals surface area (Å²) < 4.78 is 0. The van der Waals surface area contributed by atoms with Gasteiger partial charge in [0.2, 0.25) is 5.91 Å². The molecule has 1 fully saturated rings. The Balaban J connectivity index is 1.95. The average molecular weight is 284 g/mol. The van der Waals surface area contributed by atoms with Crippen LogP contribution in [0.3, 0.4) is 0 Å². The fourth-order valence-electron chi connectivity index (χ4n) is 4.24. The predicted octanol–water partition coefficient (Wildman–Crippen LogP) is 2.62. The lowest BCUT2D eigenvalue weighted by atomic mass is 9.61. The normalized spacial score (nSPS) is 26.8. The molecule has 1 spiro atoms. The molecule has 102 valence electrons. The molecule has 1 aromatic rings. The second-order valence-corrected chi connectivity index (χ2v) is 6.51. The van der Waals surface area contributed by atoms with Crippen LogP contribution < -0.4 is 5.32 Å². The smallest absolute Gasteiger partial charge is 0.235 e. The average Bonchev–Trinajstić information content (AvgIpc) is 2.87. The summed E-state index contributed by atoms with van der Waals surface area (Å²) in [6.45, 7) is 0. The molecule has 1 aliphatic heterocycles. The minimum absolute atomic E-state index is 0.0522. The first-order valence-electron chi connectivity index (χ1n) is 7.21. The molecule has 1 unspecified atom stereocenters. The Kier molecular flexibility index (Phi) is 2.58. The van der Waals surface area contributed by atoms with Crippen LogP contribution in [0.5, 0.6) is 0 Å². The molecular weight excluding hydrogens is 268 g/mol. The molecule has 3 aliphatic rings. The van der Waals surface area contributed by atoms with Gasteiger partial charge in [0, 0.05) is 5.56 Å². The van der Waals surface area contributed by atoms with E-state index < -0.39 is 0 Å². The third-order valence-electron chi connectivity index (χ3n) is 5.04. The molecule has 0 saturated heterocycles. The van der Waals surface area contributed by atoms with E-state index in [1.165, 1.54) is 18.4 Å². The van der Waals surface area contributed by atoms with Gasteiger partial charge in [0.15, 0.2) is 5.11 Å². The summed E-state index contributed by atoms with van der Waals surface area (Å²) in [6.07, 6.45) is 5.65. The van der Waals surface area contributed by atoms with Gasteiger partial charge in [-0.2, -0.15) is 0 Å². The molecule has 0 aromatic heterocycles. The van der Waals surface area contributed by atoms with Crippen molar-refractivity contribution < 1.29 is 4.79 Å². The standard InChI is InChI=1S/C16H16N2OS/c19-14-12-13(17-15(20)18-14)11-6-2-1-5-10(11)9-16(12)7-3-4-8-16/h1-2,5-6,12H,3-4,7-9H2,(H,18,19,20). The minimum atomic E-state index is -0.119. The second kappa shape index (κ2) is 4.22. The molecule has 2 aliphatic carbocycles. The first kappa shape index (κ1) is 12.2. The van der Waals surface area contributed by atoms with E-state index in [0.717, 1.165) is 30.5 Å². The summed E-state index contributed by atoms with van der Waals surface area (Å²) >= 11 is 5.12. The number of hydrogen-bond acceptors (Lipinski definition) is 2. The second-order valence-electron chi connectivity index (χ2n) is 6.13. The molecule has 1 heterocycles. The van der Waals surface area contributed by atoms with E-state index in [2.05, 4.69) is 28.5 Å². The van der Waals surface area contributed by atoms with Crippen LogP contribution in [0.2, 0.25) is 0 Å². The number of fused-ring (bicyclic) bond motifs is 4. The molecule has 3 nitrogen and oxygen atoms in total. The highest BCUT2D eigenvalue weighted by Gasteiger charge is 2.52. The SMILES string of the molecule is O=C1NC(=S)N=C2c3ccccc3CC3(CCCC3)C12. The molecule has 4 heteroatoms. The summed E-state index contributed by atoms with van der Waals surface area (Å²) in [6, 6.07) is 8.33. The maximum Gasteiger partial charge on any atom is 0.235 e. The van der Waals surface area contributed by atoms with Crippen LogP contribution in [0.4, 0.5) is 0 Å². The van der Waals surface area contributed by atoms with Crippen molar-refractivity contribution in [2.24, 2.45) is 16.3 Å². The fourth-order valence-corrected chi connectivity index (χ4v) is 4.44. The highest BCUT2D eigenvalue weighted by atomic mass is 32.1. The fraction of sp³-hybridized carbons (Fsp3) is 0.438. The van der Waals surface area contributed by atoms with Crippen molar-refractivity contribution in [3.05, 3.63) is 35.4 Å². The van der Waals surface area contributed by atoms with Crippen LogP contribution >= 0.6 is 12.2 Å². The van der Waals surface area contributed by atoms with Gasteiger partial charge in [-0.15, -0.1) is 0 Å². The topological polar surface area (TPSA) is 41.5 Å². The van der Waals surface area contributed by atoms with Crippen LogP contribution in [0.1, 0.15) is 36.8 Å². The van der Waals surface area contributed by atoms with Gasteiger partial charge < -0.3 is 5.32 Å². The molecule has 1 amide bonds. The van der Waals surface area contributed by atoms with Crippen molar-refractivity contribution in [1.29, 1.82) is 0 Å². The number of hydrogen-bond donors (Lipinski definition) is 1. The van der Waals surface area contributed by atoms with Gasteiger partial charge in [0.1, 0.15) is 0 Å². The number of nitrogens with one attached hydrogen (secondary N) is 1. The highest BCUT2D eigenvalue weighted by Crippen LogP contribution is 2.51. The predicted molar refractivity (Wildman–Crippen MR) is 81.8 cm³/mol. The number of amides is 1. The number of aliphatic imine (C=N–C) groups is 1. The number of rotatable bonds is 0. The maximum absolute atomic E-state index is 12.5. The van der Waals surface area contributed by atoms with Gasteiger partial charge in [-0.05, 0) is 42.5 Å². The van der Waals surface area contributed by atoms with E-state index in [1.807, 2.05) is 6.07 Å². The van der Waals surface area contributed by atoms with E-state index >= 15 is 0 Å². The van der Waals surface area contributed by atoms with E-state index in [1.54, 1.807) is 0 Å². The van der Waals surface area contributed by atoms with Gasteiger partial charge in [-0.25, -0.2) is 4.99 Å². The summed E-state index contributed by atoms with van der Waals surface area (Å²) in [5.41, 5.74) is 3.41. The van der Waals surface area contributed by atoms with Crippen LogP contribution in [0, 0.1) is 11.3 Å². The molecule has 1 N–H and O–H groups in total. The van der Waals surface area contributed by atoms with Crippen LogP contribution in [-0.2, 0) is 11.2 Å². The zero-order valence-electron chi connectivity index (χ0n) is 11.2. The summed E-state index contributed by atoms with van der Waals surface area (Å²) in [7, 11) is 0. The van der Waals surface area contributed by atoms with Gasteiger partial charge >= 0.3 is 0 Å². The van der Waals surface area contributed by atoms with Gasteiger partial charge in [0.05, 0.1) is 11.6 Å².